The molecule has 5 heteroatoms. The lowest BCUT2D eigenvalue weighted by Crippen LogP contribution is -2.29. The lowest BCUT2D eigenvalue weighted by atomic mass is 10.2. The minimum Gasteiger partial charge on any atom is -0.459 e. The summed E-state index contributed by atoms with van der Waals surface area (Å²) in [5.74, 6) is 7.52. The number of thioether (sulfide) groups is 1. The Labute approximate surface area is 128 Å². The molecule has 20 heavy (non-hydrogen) atoms. The molecule has 2 aromatic rings. The quantitative estimate of drug-likeness (QED) is 0.640. The van der Waals surface area contributed by atoms with Gasteiger partial charge in [-0.2, -0.15) is 11.8 Å². The first-order valence-electron chi connectivity index (χ1n) is 7.03. The fourth-order valence-electron chi connectivity index (χ4n) is 2.71. The number of halogens is 1. The van der Waals surface area contributed by atoms with Crippen molar-refractivity contribution in [3.05, 3.63) is 35.0 Å². The van der Waals surface area contributed by atoms with Gasteiger partial charge in [-0.25, -0.2) is 5.43 Å². The number of fused-ring (bicyclic) bond motifs is 1. The zero-order valence-corrected chi connectivity index (χ0v) is 12.8. The van der Waals surface area contributed by atoms with Crippen LogP contribution < -0.4 is 11.3 Å². The Morgan fingerprint density at radius 3 is 2.90 bits per heavy atom. The molecule has 3 N–H and O–H groups in total. The number of nitrogens with one attached hydrogen (secondary N) is 1. The van der Waals surface area contributed by atoms with E-state index in [-0.39, 0.29) is 6.04 Å². The van der Waals surface area contributed by atoms with Crippen molar-refractivity contribution in [3.8, 4) is 0 Å². The second-order valence-electron chi connectivity index (χ2n) is 5.29. The van der Waals surface area contributed by atoms with Gasteiger partial charge in [-0.05, 0) is 37.1 Å². The first kappa shape index (κ1) is 14.3. The van der Waals surface area contributed by atoms with Gasteiger partial charge in [0.1, 0.15) is 11.3 Å². The summed E-state index contributed by atoms with van der Waals surface area (Å²) >= 11 is 8.00. The number of furan rings is 1. The maximum atomic E-state index is 6.00. The Hall–Kier alpha value is -0.680. The normalized spacial score (nSPS) is 17.9. The van der Waals surface area contributed by atoms with E-state index >= 15 is 0 Å². The van der Waals surface area contributed by atoms with Crippen LogP contribution in [-0.2, 0) is 0 Å². The van der Waals surface area contributed by atoms with Crippen LogP contribution in [0.15, 0.2) is 28.7 Å². The fourth-order valence-corrected chi connectivity index (χ4v) is 4.28. The van der Waals surface area contributed by atoms with Gasteiger partial charge < -0.3 is 4.42 Å². The second-order valence-corrected chi connectivity index (χ2v) is 7.06. The third kappa shape index (κ3) is 3.14. The fraction of sp³-hybridized carbons (Fsp3) is 0.467. The Kier molecular flexibility index (Phi) is 4.56. The largest absolute Gasteiger partial charge is 0.459 e. The number of rotatable bonds is 5. The molecule has 1 saturated carbocycles. The summed E-state index contributed by atoms with van der Waals surface area (Å²) in [4.78, 5) is 0. The summed E-state index contributed by atoms with van der Waals surface area (Å²) in [6.07, 6.45) is 5.39. The maximum absolute atomic E-state index is 6.00. The predicted octanol–water partition coefficient (Wildman–Crippen LogP) is 4.27. The van der Waals surface area contributed by atoms with Crippen LogP contribution in [0.4, 0.5) is 0 Å². The van der Waals surface area contributed by atoms with E-state index in [2.05, 4.69) is 5.43 Å². The molecule has 1 unspecified atom stereocenters. The minimum absolute atomic E-state index is 0.0479. The van der Waals surface area contributed by atoms with E-state index in [0.717, 1.165) is 32.8 Å². The van der Waals surface area contributed by atoms with Crippen LogP contribution in [0.5, 0.6) is 0 Å². The van der Waals surface area contributed by atoms with Crippen LogP contribution in [0.2, 0.25) is 5.02 Å². The van der Waals surface area contributed by atoms with Gasteiger partial charge in [0, 0.05) is 21.4 Å². The summed E-state index contributed by atoms with van der Waals surface area (Å²) in [6, 6.07) is 7.74. The van der Waals surface area contributed by atoms with E-state index in [0.29, 0.717) is 0 Å². The average Bonchev–Trinajstić information content (AvgIpc) is 3.08. The number of nitrogens with two attached hydrogens (primary N) is 1. The van der Waals surface area contributed by atoms with Crippen molar-refractivity contribution in [2.75, 3.05) is 5.75 Å². The van der Waals surface area contributed by atoms with Gasteiger partial charge in [-0.1, -0.05) is 24.4 Å². The topological polar surface area (TPSA) is 51.2 Å². The smallest absolute Gasteiger partial charge is 0.134 e. The Bertz CT molecular complexity index is 580. The molecular weight excluding hydrogens is 292 g/mol. The Morgan fingerprint density at radius 2 is 2.15 bits per heavy atom. The van der Waals surface area contributed by atoms with Crippen LogP contribution in [0, 0.1) is 0 Å². The van der Waals surface area contributed by atoms with E-state index in [1.54, 1.807) is 0 Å². The summed E-state index contributed by atoms with van der Waals surface area (Å²) in [7, 11) is 0. The summed E-state index contributed by atoms with van der Waals surface area (Å²) in [5.41, 5.74) is 3.73. The third-order valence-corrected chi connectivity index (χ3v) is 5.55. The average molecular weight is 311 g/mol. The van der Waals surface area contributed by atoms with E-state index in [1.165, 1.54) is 25.7 Å². The number of hydrogen-bond acceptors (Lipinski definition) is 4. The van der Waals surface area contributed by atoms with Crippen molar-refractivity contribution in [2.24, 2.45) is 5.84 Å². The van der Waals surface area contributed by atoms with Gasteiger partial charge in [0.15, 0.2) is 0 Å². The molecule has 0 amide bonds. The first-order valence-corrected chi connectivity index (χ1v) is 8.45. The molecule has 0 bridgehead atoms. The van der Waals surface area contributed by atoms with Gasteiger partial charge in [0.05, 0.1) is 6.04 Å². The van der Waals surface area contributed by atoms with E-state index in [1.807, 2.05) is 36.0 Å². The SMILES string of the molecule is NNC(CSC1CCCC1)c1cc2cc(Cl)ccc2o1. The van der Waals surface area contributed by atoms with Crippen LogP contribution >= 0.6 is 23.4 Å². The molecule has 1 atom stereocenters. The van der Waals surface area contributed by atoms with Crippen molar-refractivity contribution >= 4 is 34.3 Å². The van der Waals surface area contributed by atoms with Crippen molar-refractivity contribution in [3.63, 3.8) is 0 Å². The highest BCUT2D eigenvalue weighted by Gasteiger charge is 2.20. The molecule has 1 heterocycles. The monoisotopic (exact) mass is 310 g/mol. The van der Waals surface area contributed by atoms with Crippen LogP contribution in [0.1, 0.15) is 37.5 Å². The number of benzene rings is 1. The lowest BCUT2D eigenvalue weighted by molar-refractivity contribution is 0.463. The van der Waals surface area contributed by atoms with Gasteiger partial charge >= 0.3 is 0 Å². The summed E-state index contributed by atoms with van der Waals surface area (Å²) < 4.78 is 5.88. The second kappa shape index (κ2) is 6.39. The Balaban J connectivity index is 1.72. The summed E-state index contributed by atoms with van der Waals surface area (Å²) in [5, 5.41) is 2.53. The molecule has 0 radical (unpaired) electrons. The highest BCUT2D eigenvalue weighted by Crippen LogP contribution is 2.33. The Morgan fingerprint density at radius 1 is 1.35 bits per heavy atom. The standard InChI is InChI=1S/C15H19ClN2OS/c16-11-5-6-14-10(7-11)8-15(19-14)13(18-17)9-20-12-3-1-2-4-12/h5-8,12-13,18H,1-4,9,17H2. The molecule has 3 nitrogen and oxygen atoms in total. The molecule has 1 aromatic carbocycles. The molecule has 1 fully saturated rings. The molecule has 108 valence electrons. The molecule has 0 saturated heterocycles. The first-order chi connectivity index (χ1) is 9.76. The third-order valence-electron chi connectivity index (χ3n) is 3.84. The van der Waals surface area contributed by atoms with Crippen LogP contribution in [-0.4, -0.2) is 11.0 Å². The molecule has 0 aliphatic heterocycles. The van der Waals surface area contributed by atoms with Crippen molar-refractivity contribution in [1.29, 1.82) is 0 Å². The highest BCUT2D eigenvalue weighted by atomic mass is 35.5. The molecule has 1 aliphatic carbocycles. The maximum Gasteiger partial charge on any atom is 0.134 e. The van der Waals surface area contributed by atoms with E-state index < -0.39 is 0 Å². The molecule has 0 spiro atoms. The molecule has 1 aromatic heterocycles. The van der Waals surface area contributed by atoms with Crippen LogP contribution in [0.25, 0.3) is 11.0 Å². The molecule has 1 aliphatic rings. The minimum atomic E-state index is 0.0479. The van der Waals surface area contributed by atoms with Gasteiger partial charge in [0.25, 0.3) is 0 Å². The predicted molar refractivity (Wildman–Crippen MR) is 86.0 cm³/mol. The molecular formula is C15H19ClN2OS. The van der Waals surface area contributed by atoms with Crippen molar-refractivity contribution in [1.82, 2.24) is 5.43 Å². The van der Waals surface area contributed by atoms with Gasteiger partial charge in [-0.3, -0.25) is 5.84 Å². The molecule has 3 rings (SSSR count). The van der Waals surface area contributed by atoms with Gasteiger partial charge in [-0.15, -0.1) is 0 Å². The summed E-state index contributed by atoms with van der Waals surface area (Å²) in [6.45, 7) is 0. The van der Waals surface area contributed by atoms with E-state index in [4.69, 9.17) is 21.9 Å². The highest BCUT2D eigenvalue weighted by molar-refractivity contribution is 7.99. The number of hydrazine groups is 1. The zero-order valence-electron chi connectivity index (χ0n) is 11.3. The van der Waals surface area contributed by atoms with Crippen LogP contribution in [0.3, 0.4) is 0 Å². The van der Waals surface area contributed by atoms with Crippen molar-refractivity contribution < 1.29 is 4.42 Å². The van der Waals surface area contributed by atoms with Crippen molar-refractivity contribution in [2.45, 2.75) is 37.0 Å². The zero-order chi connectivity index (χ0) is 13.9. The van der Waals surface area contributed by atoms with Gasteiger partial charge in [0.2, 0.25) is 0 Å². The lowest BCUT2D eigenvalue weighted by Gasteiger charge is -2.15. The van der Waals surface area contributed by atoms with E-state index in [9.17, 15) is 0 Å². The number of hydrogen-bond donors (Lipinski definition) is 2.